The van der Waals surface area contributed by atoms with Gasteiger partial charge in [-0.3, -0.25) is 0 Å². The Kier molecular flexibility index (Phi) is 10.5. The van der Waals surface area contributed by atoms with E-state index in [1.165, 1.54) is 4.88 Å². The molecule has 128 valence electrons. The highest BCUT2D eigenvalue weighted by molar-refractivity contribution is 14.0. The molecule has 0 aliphatic carbocycles. The number of halogens is 1. The fourth-order valence-corrected chi connectivity index (χ4v) is 2.69. The van der Waals surface area contributed by atoms with Crippen molar-refractivity contribution in [2.24, 2.45) is 4.99 Å². The van der Waals surface area contributed by atoms with E-state index in [-0.39, 0.29) is 24.0 Å². The van der Waals surface area contributed by atoms with E-state index >= 15 is 0 Å². The van der Waals surface area contributed by atoms with Crippen LogP contribution in [0.2, 0.25) is 0 Å². The van der Waals surface area contributed by atoms with Crippen LogP contribution in [0.4, 0.5) is 0 Å². The second-order valence-corrected chi connectivity index (χ2v) is 7.24. The lowest BCUT2D eigenvalue weighted by atomic mass is 10.3. The minimum Gasteiger partial charge on any atom is -0.469 e. The summed E-state index contributed by atoms with van der Waals surface area (Å²) in [6, 6.07) is 8.08. The Balaban J connectivity index is 0.00000264. The van der Waals surface area contributed by atoms with Crippen LogP contribution in [0.5, 0.6) is 0 Å². The third-order valence-corrected chi connectivity index (χ3v) is 5.01. The number of nitrogens with one attached hydrogen (secondary N) is 2. The molecule has 1 unspecified atom stereocenters. The van der Waals surface area contributed by atoms with Gasteiger partial charge in [0.2, 0.25) is 0 Å². The summed E-state index contributed by atoms with van der Waals surface area (Å²) >= 11 is 3.58. The number of aliphatic imine (C=N–C) groups is 1. The zero-order chi connectivity index (χ0) is 15.6. The van der Waals surface area contributed by atoms with E-state index in [0.29, 0.717) is 11.8 Å². The van der Waals surface area contributed by atoms with Gasteiger partial charge in [0.15, 0.2) is 5.96 Å². The van der Waals surface area contributed by atoms with Crippen LogP contribution in [-0.4, -0.2) is 30.6 Å². The molecule has 0 saturated carbocycles. The summed E-state index contributed by atoms with van der Waals surface area (Å²) < 4.78 is 5.35. The Bertz CT molecular complexity index is 544. The van der Waals surface area contributed by atoms with Crippen LogP contribution >= 0.6 is 47.1 Å². The number of rotatable bonds is 8. The molecule has 0 radical (unpaired) electrons. The zero-order valence-corrected chi connectivity index (χ0v) is 17.4. The van der Waals surface area contributed by atoms with Gasteiger partial charge < -0.3 is 15.1 Å². The SMILES string of the molecule is CSC(C)CNC(=NCc1cccs1)NCCc1ccco1.I. The van der Waals surface area contributed by atoms with Crippen LogP contribution in [0.3, 0.4) is 0 Å². The lowest BCUT2D eigenvalue weighted by Crippen LogP contribution is -2.41. The summed E-state index contributed by atoms with van der Waals surface area (Å²) in [5.41, 5.74) is 0. The van der Waals surface area contributed by atoms with Crippen molar-refractivity contribution in [1.29, 1.82) is 0 Å². The lowest BCUT2D eigenvalue weighted by molar-refractivity contribution is 0.506. The zero-order valence-electron chi connectivity index (χ0n) is 13.5. The molecule has 0 aromatic carbocycles. The molecule has 2 heterocycles. The van der Waals surface area contributed by atoms with E-state index in [1.807, 2.05) is 23.9 Å². The van der Waals surface area contributed by atoms with Crippen LogP contribution in [-0.2, 0) is 13.0 Å². The second kappa shape index (κ2) is 11.8. The van der Waals surface area contributed by atoms with Crippen molar-refractivity contribution in [3.63, 3.8) is 0 Å². The molecule has 0 spiro atoms. The molecule has 4 nitrogen and oxygen atoms in total. The third kappa shape index (κ3) is 8.12. The number of guanidine groups is 1. The van der Waals surface area contributed by atoms with Crippen molar-refractivity contribution in [1.82, 2.24) is 10.6 Å². The maximum Gasteiger partial charge on any atom is 0.191 e. The summed E-state index contributed by atoms with van der Waals surface area (Å²) in [5.74, 6) is 1.85. The summed E-state index contributed by atoms with van der Waals surface area (Å²) in [5, 5.41) is 9.42. The van der Waals surface area contributed by atoms with Crippen molar-refractivity contribution < 1.29 is 4.42 Å². The Morgan fingerprint density at radius 3 is 2.87 bits per heavy atom. The number of nitrogens with zero attached hydrogens (tertiary/aromatic N) is 1. The van der Waals surface area contributed by atoms with Gasteiger partial charge in [-0.25, -0.2) is 4.99 Å². The predicted octanol–water partition coefficient (Wildman–Crippen LogP) is 3.99. The van der Waals surface area contributed by atoms with Gasteiger partial charge in [-0.1, -0.05) is 13.0 Å². The average Bonchev–Trinajstić information content (AvgIpc) is 3.22. The van der Waals surface area contributed by atoms with Crippen LogP contribution in [0.25, 0.3) is 0 Å². The van der Waals surface area contributed by atoms with E-state index in [4.69, 9.17) is 4.42 Å². The van der Waals surface area contributed by atoms with Crippen molar-refractivity contribution >= 4 is 53.0 Å². The largest absolute Gasteiger partial charge is 0.469 e. The molecule has 0 saturated heterocycles. The van der Waals surface area contributed by atoms with E-state index in [1.54, 1.807) is 17.6 Å². The molecular weight excluding hydrogens is 441 g/mol. The van der Waals surface area contributed by atoms with Crippen LogP contribution in [0.15, 0.2) is 45.3 Å². The number of thiophene rings is 1. The van der Waals surface area contributed by atoms with Gasteiger partial charge in [0.1, 0.15) is 5.76 Å². The van der Waals surface area contributed by atoms with Gasteiger partial charge in [-0.05, 0) is 29.8 Å². The minimum absolute atomic E-state index is 0. The highest BCUT2D eigenvalue weighted by Gasteiger charge is 2.04. The monoisotopic (exact) mass is 465 g/mol. The Morgan fingerprint density at radius 1 is 1.35 bits per heavy atom. The summed E-state index contributed by atoms with van der Waals surface area (Å²) in [6.45, 7) is 4.62. The molecule has 23 heavy (non-hydrogen) atoms. The first-order valence-electron chi connectivity index (χ1n) is 7.37. The quantitative estimate of drug-likeness (QED) is 0.352. The van der Waals surface area contributed by atoms with E-state index in [2.05, 4.69) is 46.3 Å². The number of hydrogen-bond donors (Lipinski definition) is 2. The fourth-order valence-electron chi connectivity index (χ4n) is 1.82. The topological polar surface area (TPSA) is 49.6 Å². The van der Waals surface area contributed by atoms with Gasteiger partial charge in [-0.15, -0.1) is 35.3 Å². The maximum atomic E-state index is 5.35. The van der Waals surface area contributed by atoms with E-state index < -0.39 is 0 Å². The first kappa shape index (κ1) is 20.4. The molecule has 0 aliphatic rings. The average molecular weight is 465 g/mol. The molecule has 0 aliphatic heterocycles. The van der Waals surface area contributed by atoms with Crippen molar-refractivity contribution in [3.05, 3.63) is 46.5 Å². The predicted molar refractivity (Wildman–Crippen MR) is 112 cm³/mol. The van der Waals surface area contributed by atoms with Gasteiger partial charge in [0.05, 0.1) is 12.8 Å². The first-order chi connectivity index (χ1) is 10.8. The summed E-state index contributed by atoms with van der Waals surface area (Å²) in [4.78, 5) is 5.92. The van der Waals surface area contributed by atoms with Crippen LogP contribution < -0.4 is 10.6 Å². The highest BCUT2D eigenvalue weighted by atomic mass is 127. The standard InChI is InChI=1S/C16H23N3OS2.HI/c1-13(21-2)11-18-16(19-12-15-6-4-10-22-15)17-8-7-14-5-3-9-20-14;/h3-6,9-10,13H,7-8,11-12H2,1-2H3,(H2,17,18,19);1H. The van der Waals surface area contributed by atoms with Gasteiger partial charge in [-0.2, -0.15) is 11.8 Å². The third-order valence-electron chi connectivity index (χ3n) is 3.18. The van der Waals surface area contributed by atoms with Crippen LogP contribution in [0, 0.1) is 0 Å². The maximum absolute atomic E-state index is 5.35. The Morgan fingerprint density at radius 2 is 2.22 bits per heavy atom. The number of furan rings is 1. The normalized spacial score (nSPS) is 12.5. The van der Waals surface area contributed by atoms with E-state index in [0.717, 1.165) is 31.2 Å². The van der Waals surface area contributed by atoms with Gasteiger partial charge >= 0.3 is 0 Å². The number of hydrogen-bond acceptors (Lipinski definition) is 4. The van der Waals surface area contributed by atoms with Crippen molar-refractivity contribution in [2.75, 3.05) is 19.3 Å². The van der Waals surface area contributed by atoms with Crippen LogP contribution in [0.1, 0.15) is 17.6 Å². The van der Waals surface area contributed by atoms with Crippen molar-refractivity contribution in [2.45, 2.75) is 25.1 Å². The Hall–Kier alpha value is -0.670. The molecule has 2 aromatic heterocycles. The molecule has 1 atom stereocenters. The Labute approximate surface area is 163 Å². The molecule has 0 bridgehead atoms. The molecule has 2 rings (SSSR count). The molecule has 2 aromatic rings. The molecule has 0 amide bonds. The minimum atomic E-state index is 0. The summed E-state index contributed by atoms with van der Waals surface area (Å²) in [6.07, 6.45) is 4.68. The lowest BCUT2D eigenvalue weighted by Gasteiger charge is -2.14. The first-order valence-corrected chi connectivity index (χ1v) is 9.54. The molecule has 0 fully saturated rings. The highest BCUT2D eigenvalue weighted by Crippen LogP contribution is 2.09. The number of thioether (sulfide) groups is 1. The molecular formula is C16H24IN3OS2. The molecule has 2 N–H and O–H groups in total. The fraction of sp³-hybridized carbons (Fsp3) is 0.438. The van der Waals surface area contributed by atoms with Crippen molar-refractivity contribution in [3.8, 4) is 0 Å². The summed E-state index contributed by atoms with van der Waals surface area (Å²) in [7, 11) is 0. The molecule has 7 heteroatoms. The van der Waals surface area contributed by atoms with Gasteiger partial charge in [0, 0.05) is 29.6 Å². The smallest absolute Gasteiger partial charge is 0.191 e. The van der Waals surface area contributed by atoms with Gasteiger partial charge in [0.25, 0.3) is 0 Å². The van der Waals surface area contributed by atoms with E-state index in [9.17, 15) is 0 Å². The second-order valence-electron chi connectivity index (χ2n) is 4.93.